The van der Waals surface area contributed by atoms with E-state index in [0.29, 0.717) is 23.3 Å². The molecule has 0 bridgehead atoms. The van der Waals surface area contributed by atoms with Crippen molar-refractivity contribution in [1.82, 2.24) is 0 Å². The van der Waals surface area contributed by atoms with Crippen molar-refractivity contribution in [2.24, 2.45) is 0 Å². The average molecular weight is 511 g/mol. The zero-order valence-corrected chi connectivity index (χ0v) is 20.8. The van der Waals surface area contributed by atoms with Crippen LogP contribution >= 0.6 is 0 Å². The minimum atomic E-state index is -1.06. The molecular formula is C31H30F4O2. The standard InChI is InChI=1S/C31H30F4O2/c1-3-19-37-27-18-17-26(30(34)31(27)35)21-8-5-20(6-9-21)7-10-23-13-16-25(29(33)28(23)32)22-11-14-24(15-12-22)36-4-2/h3,5-10,13,16-18,22,24H,1,4,11-12,14-15,19H2,2H3/b10-7+. The Kier molecular flexibility index (Phi) is 8.82. The molecule has 0 amide bonds. The van der Waals surface area contributed by atoms with Crippen LogP contribution in [0.1, 0.15) is 55.2 Å². The highest BCUT2D eigenvalue weighted by molar-refractivity contribution is 5.73. The number of halogens is 4. The van der Waals surface area contributed by atoms with Crippen LogP contribution in [0, 0.1) is 23.3 Å². The second kappa shape index (κ2) is 12.2. The van der Waals surface area contributed by atoms with Gasteiger partial charge in [-0.3, -0.25) is 0 Å². The topological polar surface area (TPSA) is 18.5 Å². The summed E-state index contributed by atoms with van der Waals surface area (Å²) >= 11 is 0. The molecule has 6 heteroatoms. The first kappa shape index (κ1) is 26.7. The highest BCUT2D eigenvalue weighted by Crippen LogP contribution is 2.36. The number of hydrogen-bond donors (Lipinski definition) is 0. The van der Waals surface area contributed by atoms with E-state index in [4.69, 9.17) is 9.47 Å². The van der Waals surface area contributed by atoms with Crippen molar-refractivity contribution >= 4 is 12.2 Å². The maximum atomic E-state index is 14.9. The van der Waals surface area contributed by atoms with E-state index < -0.39 is 23.3 Å². The van der Waals surface area contributed by atoms with Crippen LogP contribution in [-0.4, -0.2) is 19.3 Å². The fourth-order valence-corrected chi connectivity index (χ4v) is 4.77. The Bertz CT molecular complexity index is 1260. The van der Waals surface area contributed by atoms with Crippen molar-refractivity contribution < 1.29 is 27.0 Å². The molecule has 2 nitrogen and oxygen atoms in total. The van der Waals surface area contributed by atoms with E-state index in [1.807, 2.05) is 6.92 Å². The highest BCUT2D eigenvalue weighted by Gasteiger charge is 2.26. The van der Waals surface area contributed by atoms with Gasteiger partial charge in [0.25, 0.3) is 0 Å². The van der Waals surface area contributed by atoms with Crippen molar-refractivity contribution in [3.05, 3.63) is 101 Å². The Balaban J connectivity index is 1.46. The molecule has 0 atom stereocenters. The number of benzene rings is 3. The Morgan fingerprint density at radius 1 is 0.811 bits per heavy atom. The van der Waals surface area contributed by atoms with Gasteiger partial charge in [-0.2, -0.15) is 4.39 Å². The molecule has 3 aromatic carbocycles. The molecule has 1 fully saturated rings. The molecule has 0 aliphatic heterocycles. The number of hydrogen-bond acceptors (Lipinski definition) is 2. The van der Waals surface area contributed by atoms with E-state index in [-0.39, 0.29) is 35.5 Å². The van der Waals surface area contributed by atoms with Crippen molar-refractivity contribution in [3.8, 4) is 16.9 Å². The molecule has 0 spiro atoms. The largest absolute Gasteiger partial charge is 0.486 e. The summed E-state index contributed by atoms with van der Waals surface area (Å²) in [6.07, 6.45) is 8.06. The normalized spacial score (nSPS) is 17.8. The zero-order chi connectivity index (χ0) is 26.4. The maximum Gasteiger partial charge on any atom is 0.201 e. The predicted molar refractivity (Wildman–Crippen MR) is 139 cm³/mol. The summed E-state index contributed by atoms with van der Waals surface area (Å²) in [6.45, 7) is 6.18. The molecule has 0 N–H and O–H groups in total. The maximum absolute atomic E-state index is 14.9. The summed E-state index contributed by atoms with van der Waals surface area (Å²) in [5.74, 6) is -3.92. The lowest BCUT2D eigenvalue weighted by Crippen LogP contribution is -2.21. The van der Waals surface area contributed by atoms with Crippen LogP contribution < -0.4 is 4.74 Å². The smallest absolute Gasteiger partial charge is 0.201 e. The molecule has 0 aromatic heterocycles. The van der Waals surface area contributed by atoms with E-state index >= 15 is 0 Å². The molecule has 3 aromatic rings. The van der Waals surface area contributed by atoms with Crippen molar-refractivity contribution in [2.75, 3.05) is 13.2 Å². The molecule has 0 heterocycles. The summed E-state index contributed by atoms with van der Waals surface area (Å²) < 4.78 is 69.4. The highest BCUT2D eigenvalue weighted by atomic mass is 19.2. The van der Waals surface area contributed by atoms with Crippen LogP contribution in [0.15, 0.2) is 61.2 Å². The van der Waals surface area contributed by atoms with Crippen LogP contribution in [0.3, 0.4) is 0 Å². The first-order valence-corrected chi connectivity index (χ1v) is 12.5. The molecule has 1 aliphatic rings. The first-order chi connectivity index (χ1) is 17.9. The van der Waals surface area contributed by atoms with E-state index in [1.54, 1.807) is 42.5 Å². The van der Waals surface area contributed by atoms with Crippen molar-refractivity contribution in [1.29, 1.82) is 0 Å². The van der Waals surface area contributed by atoms with Gasteiger partial charge in [-0.05, 0) is 67.3 Å². The number of rotatable bonds is 9. The molecular weight excluding hydrogens is 480 g/mol. The van der Waals surface area contributed by atoms with Gasteiger partial charge in [-0.1, -0.05) is 61.2 Å². The third kappa shape index (κ3) is 6.13. The molecule has 37 heavy (non-hydrogen) atoms. The zero-order valence-electron chi connectivity index (χ0n) is 20.8. The summed E-state index contributed by atoms with van der Waals surface area (Å²) in [6, 6.07) is 12.8. The quantitative estimate of drug-likeness (QED) is 0.163. The monoisotopic (exact) mass is 510 g/mol. The molecule has 0 saturated heterocycles. The lowest BCUT2D eigenvalue weighted by atomic mass is 9.82. The van der Waals surface area contributed by atoms with Gasteiger partial charge >= 0.3 is 0 Å². The van der Waals surface area contributed by atoms with Gasteiger partial charge in [0.15, 0.2) is 23.2 Å². The Morgan fingerprint density at radius 2 is 1.54 bits per heavy atom. The minimum absolute atomic E-state index is 0.00960. The predicted octanol–water partition coefficient (Wildman–Crippen LogP) is 8.71. The van der Waals surface area contributed by atoms with Crippen molar-refractivity contribution in [3.63, 3.8) is 0 Å². The molecule has 1 aliphatic carbocycles. The molecule has 0 radical (unpaired) electrons. The van der Waals surface area contributed by atoms with Gasteiger partial charge in [0, 0.05) is 17.7 Å². The summed E-state index contributed by atoms with van der Waals surface area (Å²) in [5, 5.41) is 0. The average Bonchev–Trinajstić information content (AvgIpc) is 2.92. The van der Waals surface area contributed by atoms with Gasteiger partial charge < -0.3 is 9.47 Å². The van der Waals surface area contributed by atoms with Crippen LogP contribution in [0.4, 0.5) is 17.6 Å². The SMILES string of the molecule is C=CCOc1ccc(-c2ccc(/C=C/c3ccc(C4CCC(OCC)CC4)c(F)c3F)cc2)c(F)c1F. The second-order valence-electron chi connectivity index (χ2n) is 9.10. The van der Waals surface area contributed by atoms with Gasteiger partial charge in [-0.15, -0.1) is 0 Å². The number of ether oxygens (including phenoxy) is 2. The third-order valence-corrected chi connectivity index (χ3v) is 6.74. The van der Waals surface area contributed by atoms with Crippen molar-refractivity contribution in [2.45, 2.75) is 44.6 Å². The van der Waals surface area contributed by atoms with Gasteiger partial charge in [0.05, 0.1) is 6.10 Å². The summed E-state index contributed by atoms with van der Waals surface area (Å²) in [5.41, 5.74) is 1.84. The molecule has 1 saturated carbocycles. The van der Waals surface area contributed by atoms with E-state index in [1.165, 1.54) is 24.3 Å². The van der Waals surface area contributed by atoms with Crippen LogP contribution in [0.5, 0.6) is 5.75 Å². The fourth-order valence-electron chi connectivity index (χ4n) is 4.77. The Morgan fingerprint density at radius 3 is 2.22 bits per heavy atom. The molecule has 4 rings (SSSR count). The first-order valence-electron chi connectivity index (χ1n) is 12.5. The minimum Gasteiger partial charge on any atom is -0.486 e. The second-order valence-corrected chi connectivity index (χ2v) is 9.10. The lowest BCUT2D eigenvalue weighted by molar-refractivity contribution is 0.0325. The van der Waals surface area contributed by atoms with E-state index in [9.17, 15) is 17.6 Å². The summed E-state index contributed by atoms with van der Waals surface area (Å²) in [4.78, 5) is 0. The van der Waals surface area contributed by atoms with Gasteiger partial charge in [-0.25, -0.2) is 13.2 Å². The molecule has 0 unspecified atom stereocenters. The van der Waals surface area contributed by atoms with E-state index in [0.717, 1.165) is 25.7 Å². The van der Waals surface area contributed by atoms with Gasteiger partial charge in [0.2, 0.25) is 5.82 Å². The summed E-state index contributed by atoms with van der Waals surface area (Å²) in [7, 11) is 0. The Hall–Kier alpha value is -3.38. The molecule has 194 valence electrons. The van der Waals surface area contributed by atoms with E-state index in [2.05, 4.69) is 6.58 Å². The third-order valence-electron chi connectivity index (χ3n) is 6.74. The van der Waals surface area contributed by atoms with Crippen LogP contribution in [0.25, 0.3) is 23.3 Å². The van der Waals surface area contributed by atoms with Crippen LogP contribution in [-0.2, 0) is 4.74 Å². The fraction of sp³-hybridized carbons (Fsp3) is 0.290. The van der Waals surface area contributed by atoms with Crippen LogP contribution in [0.2, 0.25) is 0 Å². The Labute approximate surface area is 215 Å². The van der Waals surface area contributed by atoms with Gasteiger partial charge in [0.1, 0.15) is 6.61 Å². The lowest BCUT2D eigenvalue weighted by Gasteiger charge is -2.29.